The van der Waals surface area contributed by atoms with Gasteiger partial charge in [-0.25, -0.2) is 0 Å². The third-order valence-corrected chi connectivity index (χ3v) is 3.33. The Bertz CT molecular complexity index is 590. The topological polar surface area (TPSA) is 39.2 Å². The lowest BCUT2D eigenvalue weighted by Crippen LogP contribution is -2.04. The Labute approximate surface area is 116 Å². The van der Waals surface area contributed by atoms with Gasteiger partial charge in [0.25, 0.3) is 0 Å². The standard InChI is InChI=1S/C13H11BrF3NO/c1-7(18)11-4-5-12(19-11)9-6-8(13(15,16)17)2-3-10(9)14/h2-7H,18H2,1H3. The van der Waals surface area contributed by atoms with E-state index < -0.39 is 11.7 Å². The van der Waals surface area contributed by atoms with Crippen LogP contribution in [0.25, 0.3) is 11.3 Å². The van der Waals surface area contributed by atoms with E-state index in [1.54, 1.807) is 19.1 Å². The molecule has 0 aliphatic carbocycles. The van der Waals surface area contributed by atoms with Crippen molar-refractivity contribution >= 4 is 15.9 Å². The van der Waals surface area contributed by atoms with E-state index >= 15 is 0 Å². The Hall–Kier alpha value is -1.27. The highest BCUT2D eigenvalue weighted by molar-refractivity contribution is 9.10. The maximum atomic E-state index is 12.7. The van der Waals surface area contributed by atoms with Gasteiger partial charge in [-0.15, -0.1) is 0 Å². The normalized spacial score (nSPS) is 13.6. The molecule has 2 rings (SSSR count). The number of furan rings is 1. The molecule has 102 valence electrons. The van der Waals surface area contributed by atoms with Crippen LogP contribution in [0.2, 0.25) is 0 Å². The van der Waals surface area contributed by atoms with E-state index in [-0.39, 0.29) is 6.04 Å². The van der Waals surface area contributed by atoms with Gasteiger partial charge < -0.3 is 10.2 Å². The van der Waals surface area contributed by atoms with Crippen LogP contribution < -0.4 is 5.73 Å². The third kappa shape index (κ3) is 3.01. The first-order valence-electron chi connectivity index (χ1n) is 5.51. The minimum atomic E-state index is -4.38. The second kappa shape index (κ2) is 5.02. The van der Waals surface area contributed by atoms with Crippen molar-refractivity contribution in [2.24, 2.45) is 5.73 Å². The van der Waals surface area contributed by atoms with Crippen LogP contribution in [0.4, 0.5) is 13.2 Å². The van der Waals surface area contributed by atoms with Gasteiger partial charge in [-0.2, -0.15) is 13.2 Å². The summed E-state index contributed by atoms with van der Waals surface area (Å²) in [6, 6.07) is 6.38. The van der Waals surface area contributed by atoms with Crippen molar-refractivity contribution in [3.8, 4) is 11.3 Å². The van der Waals surface area contributed by atoms with Gasteiger partial charge in [0.1, 0.15) is 11.5 Å². The zero-order valence-electron chi connectivity index (χ0n) is 9.96. The molecule has 6 heteroatoms. The summed E-state index contributed by atoms with van der Waals surface area (Å²) >= 11 is 3.22. The predicted molar refractivity (Wildman–Crippen MR) is 69.4 cm³/mol. The number of hydrogen-bond donors (Lipinski definition) is 1. The van der Waals surface area contributed by atoms with Crippen molar-refractivity contribution in [3.05, 3.63) is 46.1 Å². The van der Waals surface area contributed by atoms with E-state index in [9.17, 15) is 13.2 Å². The van der Waals surface area contributed by atoms with Crippen molar-refractivity contribution in [1.82, 2.24) is 0 Å². The molecule has 0 amide bonds. The highest BCUT2D eigenvalue weighted by Gasteiger charge is 2.31. The smallest absolute Gasteiger partial charge is 0.416 e. The molecule has 0 spiro atoms. The van der Waals surface area contributed by atoms with E-state index in [4.69, 9.17) is 10.2 Å². The summed E-state index contributed by atoms with van der Waals surface area (Å²) in [4.78, 5) is 0. The van der Waals surface area contributed by atoms with Gasteiger partial charge in [0.05, 0.1) is 11.6 Å². The van der Waals surface area contributed by atoms with Gasteiger partial charge >= 0.3 is 6.18 Å². The number of rotatable bonds is 2. The summed E-state index contributed by atoms with van der Waals surface area (Å²) in [5, 5.41) is 0. The minimum absolute atomic E-state index is 0.307. The van der Waals surface area contributed by atoms with E-state index in [1.807, 2.05) is 0 Å². The quantitative estimate of drug-likeness (QED) is 0.861. The molecule has 2 nitrogen and oxygen atoms in total. The molecule has 1 aromatic carbocycles. The molecule has 1 atom stereocenters. The lowest BCUT2D eigenvalue weighted by molar-refractivity contribution is -0.137. The van der Waals surface area contributed by atoms with Crippen LogP contribution in [-0.2, 0) is 6.18 Å². The van der Waals surface area contributed by atoms with Crippen molar-refractivity contribution in [2.45, 2.75) is 19.1 Å². The maximum Gasteiger partial charge on any atom is 0.416 e. The Morgan fingerprint density at radius 1 is 1.21 bits per heavy atom. The van der Waals surface area contributed by atoms with Crippen LogP contribution in [0.15, 0.2) is 39.2 Å². The first kappa shape index (κ1) is 14.1. The second-order valence-corrected chi connectivity index (χ2v) is 5.04. The molecule has 0 aliphatic rings. The van der Waals surface area contributed by atoms with Crippen LogP contribution in [0, 0.1) is 0 Å². The Morgan fingerprint density at radius 2 is 1.89 bits per heavy atom. The summed E-state index contributed by atoms with van der Waals surface area (Å²) in [6.07, 6.45) is -4.38. The van der Waals surface area contributed by atoms with Crippen LogP contribution in [-0.4, -0.2) is 0 Å². The molecule has 19 heavy (non-hydrogen) atoms. The Morgan fingerprint density at radius 3 is 2.42 bits per heavy atom. The number of halogens is 4. The average molecular weight is 334 g/mol. The number of nitrogens with two attached hydrogens (primary N) is 1. The molecule has 0 radical (unpaired) electrons. The van der Waals surface area contributed by atoms with E-state index in [1.165, 1.54) is 6.07 Å². The van der Waals surface area contributed by atoms with Gasteiger partial charge in [0.2, 0.25) is 0 Å². The summed E-state index contributed by atoms with van der Waals surface area (Å²) in [7, 11) is 0. The molecule has 0 fully saturated rings. The average Bonchev–Trinajstić information content (AvgIpc) is 2.77. The van der Waals surface area contributed by atoms with E-state index in [0.717, 1.165) is 12.1 Å². The van der Waals surface area contributed by atoms with Crippen molar-refractivity contribution in [1.29, 1.82) is 0 Å². The van der Waals surface area contributed by atoms with Crippen molar-refractivity contribution in [2.75, 3.05) is 0 Å². The molecule has 0 bridgehead atoms. The summed E-state index contributed by atoms with van der Waals surface area (Å²) < 4.78 is 44.0. The predicted octanol–water partition coefficient (Wildman–Crippen LogP) is 4.75. The first-order valence-corrected chi connectivity index (χ1v) is 6.31. The fourth-order valence-electron chi connectivity index (χ4n) is 1.63. The molecule has 1 aromatic heterocycles. The summed E-state index contributed by atoms with van der Waals surface area (Å²) in [5.41, 5.74) is 5.29. The lowest BCUT2D eigenvalue weighted by Gasteiger charge is -2.09. The molecule has 1 heterocycles. The molecule has 2 aromatic rings. The largest absolute Gasteiger partial charge is 0.459 e. The van der Waals surface area contributed by atoms with Gasteiger partial charge in [-0.1, -0.05) is 15.9 Å². The molecule has 2 N–H and O–H groups in total. The van der Waals surface area contributed by atoms with Gasteiger partial charge in [0, 0.05) is 10.0 Å². The SMILES string of the molecule is CC(N)c1ccc(-c2cc(C(F)(F)F)ccc2Br)o1. The number of alkyl halides is 3. The fourth-order valence-corrected chi connectivity index (χ4v) is 2.07. The summed E-state index contributed by atoms with van der Waals surface area (Å²) in [5.74, 6) is 0.879. The molecule has 0 aliphatic heterocycles. The van der Waals surface area contributed by atoms with E-state index in [0.29, 0.717) is 21.6 Å². The zero-order valence-corrected chi connectivity index (χ0v) is 11.5. The molecular formula is C13H11BrF3NO. The molecule has 0 saturated carbocycles. The van der Waals surface area contributed by atoms with Gasteiger partial charge in [-0.3, -0.25) is 0 Å². The molecular weight excluding hydrogens is 323 g/mol. The lowest BCUT2D eigenvalue weighted by atomic mass is 10.1. The monoisotopic (exact) mass is 333 g/mol. The minimum Gasteiger partial charge on any atom is -0.459 e. The molecule has 0 saturated heterocycles. The third-order valence-electron chi connectivity index (χ3n) is 2.63. The maximum absolute atomic E-state index is 12.7. The van der Waals surface area contributed by atoms with Crippen LogP contribution in [0.1, 0.15) is 24.3 Å². The second-order valence-electron chi connectivity index (χ2n) is 4.18. The van der Waals surface area contributed by atoms with Crippen molar-refractivity contribution in [3.63, 3.8) is 0 Å². The summed E-state index contributed by atoms with van der Waals surface area (Å²) in [6.45, 7) is 1.74. The number of hydrogen-bond acceptors (Lipinski definition) is 2. The van der Waals surface area contributed by atoms with Crippen molar-refractivity contribution < 1.29 is 17.6 Å². The highest BCUT2D eigenvalue weighted by Crippen LogP contribution is 2.36. The van der Waals surface area contributed by atoms with Gasteiger partial charge in [-0.05, 0) is 37.3 Å². The van der Waals surface area contributed by atoms with E-state index in [2.05, 4.69) is 15.9 Å². The van der Waals surface area contributed by atoms with Crippen LogP contribution in [0.5, 0.6) is 0 Å². The van der Waals surface area contributed by atoms with Crippen LogP contribution >= 0.6 is 15.9 Å². The Kier molecular flexibility index (Phi) is 3.73. The van der Waals surface area contributed by atoms with Crippen LogP contribution in [0.3, 0.4) is 0 Å². The number of benzene rings is 1. The highest BCUT2D eigenvalue weighted by atomic mass is 79.9. The molecule has 1 unspecified atom stereocenters. The Balaban J connectivity index is 2.48. The van der Waals surface area contributed by atoms with Gasteiger partial charge in [0.15, 0.2) is 0 Å². The fraction of sp³-hybridized carbons (Fsp3) is 0.231. The first-order chi connectivity index (χ1) is 8.79. The zero-order chi connectivity index (χ0) is 14.2.